The molecular weight excluding hydrogens is 240 g/mol. The van der Waals surface area contributed by atoms with Crippen molar-refractivity contribution in [2.75, 3.05) is 6.54 Å². The van der Waals surface area contributed by atoms with E-state index in [2.05, 4.69) is 10.3 Å². The van der Waals surface area contributed by atoms with Gasteiger partial charge < -0.3 is 10.4 Å². The van der Waals surface area contributed by atoms with E-state index in [1.807, 2.05) is 12.1 Å². The molecule has 0 saturated heterocycles. The summed E-state index contributed by atoms with van der Waals surface area (Å²) in [6.45, 7) is 0.580. The molecule has 0 fully saturated rings. The Hall–Kier alpha value is -2.36. The van der Waals surface area contributed by atoms with Crippen LogP contribution < -0.4 is 5.32 Å². The van der Waals surface area contributed by atoms with E-state index in [4.69, 9.17) is 0 Å². The molecule has 19 heavy (non-hydrogen) atoms. The van der Waals surface area contributed by atoms with Gasteiger partial charge in [-0.15, -0.1) is 0 Å². The summed E-state index contributed by atoms with van der Waals surface area (Å²) in [4.78, 5) is 15.7. The summed E-state index contributed by atoms with van der Waals surface area (Å²) in [6, 6.07) is 10.7. The third-order valence-corrected chi connectivity index (χ3v) is 2.83. The van der Waals surface area contributed by atoms with Gasteiger partial charge in [0.05, 0.1) is 6.42 Å². The molecule has 0 saturated carbocycles. The maximum atomic E-state index is 11.7. The highest BCUT2D eigenvalue weighted by molar-refractivity contribution is 5.79. The van der Waals surface area contributed by atoms with Gasteiger partial charge in [-0.3, -0.25) is 9.78 Å². The molecule has 4 heteroatoms. The van der Waals surface area contributed by atoms with Gasteiger partial charge in [0, 0.05) is 24.5 Å². The van der Waals surface area contributed by atoms with Gasteiger partial charge in [-0.2, -0.15) is 0 Å². The van der Waals surface area contributed by atoms with Gasteiger partial charge in [0.1, 0.15) is 5.75 Å². The number of pyridine rings is 1. The average molecular weight is 256 g/mol. The fraction of sp³-hybridized carbons (Fsp3) is 0.200. The van der Waals surface area contributed by atoms with Gasteiger partial charge in [-0.05, 0) is 30.2 Å². The van der Waals surface area contributed by atoms with Crippen molar-refractivity contribution >= 4 is 5.91 Å². The molecule has 98 valence electrons. The van der Waals surface area contributed by atoms with Crippen molar-refractivity contribution in [3.05, 3.63) is 59.9 Å². The van der Waals surface area contributed by atoms with E-state index in [1.54, 1.807) is 36.7 Å². The standard InChI is InChI=1S/C15H16N2O2/c18-14-4-2-1-3-13(14)11-15(19)17-10-7-12-5-8-16-9-6-12/h1-6,8-9,18H,7,10-11H2,(H,17,19). The van der Waals surface area contributed by atoms with Crippen molar-refractivity contribution in [1.82, 2.24) is 10.3 Å². The highest BCUT2D eigenvalue weighted by Crippen LogP contribution is 2.15. The van der Waals surface area contributed by atoms with Gasteiger partial charge in [0.25, 0.3) is 0 Å². The van der Waals surface area contributed by atoms with Crippen LogP contribution in [0.5, 0.6) is 5.75 Å². The lowest BCUT2D eigenvalue weighted by molar-refractivity contribution is -0.120. The Morgan fingerprint density at radius 3 is 2.63 bits per heavy atom. The summed E-state index contributed by atoms with van der Waals surface area (Å²) in [7, 11) is 0. The van der Waals surface area contributed by atoms with E-state index in [-0.39, 0.29) is 18.1 Å². The lowest BCUT2D eigenvalue weighted by atomic mass is 10.1. The van der Waals surface area contributed by atoms with Crippen LogP contribution in [0.4, 0.5) is 0 Å². The topological polar surface area (TPSA) is 62.2 Å². The van der Waals surface area contributed by atoms with Crippen molar-refractivity contribution < 1.29 is 9.90 Å². The summed E-state index contributed by atoms with van der Waals surface area (Å²) in [5.41, 5.74) is 1.78. The molecule has 0 spiro atoms. The van der Waals surface area contributed by atoms with Gasteiger partial charge >= 0.3 is 0 Å². The van der Waals surface area contributed by atoms with Gasteiger partial charge in [0.15, 0.2) is 0 Å². The lowest BCUT2D eigenvalue weighted by Crippen LogP contribution is -2.27. The summed E-state index contributed by atoms with van der Waals surface area (Å²) in [5, 5.41) is 12.4. The third kappa shape index (κ3) is 4.10. The van der Waals surface area contributed by atoms with Crippen LogP contribution in [0, 0.1) is 0 Å². The number of aromatic hydroxyl groups is 1. The van der Waals surface area contributed by atoms with Crippen LogP contribution in [-0.4, -0.2) is 22.5 Å². The lowest BCUT2D eigenvalue weighted by Gasteiger charge is -2.06. The molecule has 0 radical (unpaired) electrons. The normalized spacial score (nSPS) is 10.1. The van der Waals surface area contributed by atoms with Crippen LogP contribution in [0.2, 0.25) is 0 Å². The number of nitrogens with one attached hydrogen (secondary N) is 1. The number of amides is 1. The number of aromatic nitrogens is 1. The van der Waals surface area contributed by atoms with Crippen LogP contribution >= 0.6 is 0 Å². The zero-order valence-corrected chi connectivity index (χ0v) is 10.5. The van der Waals surface area contributed by atoms with Crippen LogP contribution in [0.3, 0.4) is 0 Å². The molecule has 1 amide bonds. The van der Waals surface area contributed by atoms with E-state index in [0.717, 1.165) is 12.0 Å². The molecule has 1 aromatic carbocycles. The molecule has 0 aliphatic carbocycles. The quantitative estimate of drug-likeness (QED) is 0.855. The molecule has 1 aromatic heterocycles. The summed E-state index contributed by atoms with van der Waals surface area (Å²) in [5.74, 6) is 0.0716. The summed E-state index contributed by atoms with van der Waals surface area (Å²) >= 11 is 0. The van der Waals surface area contributed by atoms with Crippen LogP contribution in [0.15, 0.2) is 48.8 Å². The first kappa shape index (κ1) is 13.1. The van der Waals surface area contributed by atoms with Gasteiger partial charge in [-0.1, -0.05) is 18.2 Å². The predicted octanol–water partition coefficient (Wildman–Crippen LogP) is 1.69. The zero-order valence-electron chi connectivity index (χ0n) is 10.5. The third-order valence-electron chi connectivity index (χ3n) is 2.83. The van der Waals surface area contributed by atoms with E-state index < -0.39 is 0 Å². The Balaban J connectivity index is 1.78. The van der Waals surface area contributed by atoms with Crippen LogP contribution in [0.25, 0.3) is 0 Å². The van der Waals surface area contributed by atoms with Crippen molar-refractivity contribution in [1.29, 1.82) is 0 Å². The van der Waals surface area contributed by atoms with E-state index >= 15 is 0 Å². The number of carbonyl (C=O) groups excluding carboxylic acids is 1. The number of nitrogens with zero attached hydrogens (tertiary/aromatic N) is 1. The SMILES string of the molecule is O=C(Cc1ccccc1O)NCCc1ccncc1. The first-order valence-electron chi connectivity index (χ1n) is 6.18. The number of benzene rings is 1. The highest BCUT2D eigenvalue weighted by Gasteiger charge is 2.06. The molecular formula is C15H16N2O2. The smallest absolute Gasteiger partial charge is 0.224 e. The Morgan fingerprint density at radius 2 is 1.89 bits per heavy atom. The van der Waals surface area contributed by atoms with Crippen molar-refractivity contribution in [3.63, 3.8) is 0 Å². The highest BCUT2D eigenvalue weighted by atomic mass is 16.3. The van der Waals surface area contributed by atoms with E-state index in [9.17, 15) is 9.90 Å². The number of hydrogen-bond acceptors (Lipinski definition) is 3. The second-order valence-electron chi connectivity index (χ2n) is 4.26. The van der Waals surface area contributed by atoms with Crippen LogP contribution in [-0.2, 0) is 17.6 Å². The maximum Gasteiger partial charge on any atom is 0.224 e. The van der Waals surface area contributed by atoms with Crippen molar-refractivity contribution in [3.8, 4) is 5.75 Å². The summed E-state index contributed by atoms with van der Waals surface area (Å²) < 4.78 is 0. The number of phenolic OH excluding ortho intramolecular Hbond substituents is 1. The Bertz CT molecular complexity index is 541. The molecule has 2 rings (SSSR count). The number of rotatable bonds is 5. The van der Waals surface area contributed by atoms with E-state index in [0.29, 0.717) is 12.1 Å². The molecule has 0 atom stereocenters. The molecule has 0 unspecified atom stereocenters. The monoisotopic (exact) mass is 256 g/mol. The first-order chi connectivity index (χ1) is 9.25. The van der Waals surface area contributed by atoms with Crippen LogP contribution in [0.1, 0.15) is 11.1 Å². The minimum atomic E-state index is -0.0874. The Morgan fingerprint density at radius 1 is 1.16 bits per heavy atom. The molecule has 2 N–H and O–H groups in total. The Kier molecular flexibility index (Phi) is 4.50. The molecule has 1 heterocycles. The number of para-hydroxylation sites is 1. The van der Waals surface area contributed by atoms with Gasteiger partial charge in [0.2, 0.25) is 5.91 Å². The number of carbonyl (C=O) groups is 1. The molecule has 2 aromatic rings. The minimum Gasteiger partial charge on any atom is -0.508 e. The maximum absolute atomic E-state index is 11.7. The second-order valence-corrected chi connectivity index (χ2v) is 4.26. The first-order valence-corrected chi connectivity index (χ1v) is 6.18. The molecule has 4 nitrogen and oxygen atoms in total. The van der Waals surface area contributed by atoms with Crippen molar-refractivity contribution in [2.45, 2.75) is 12.8 Å². The Labute approximate surface area is 112 Å². The molecule has 0 aliphatic heterocycles. The minimum absolute atomic E-state index is 0.0874. The number of phenols is 1. The number of hydrogen-bond donors (Lipinski definition) is 2. The van der Waals surface area contributed by atoms with E-state index in [1.165, 1.54) is 0 Å². The summed E-state index contributed by atoms with van der Waals surface area (Å²) in [6.07, 6.45) is 4.44. The largest absolute Gasteiger partial charge is 0.508 e. The fourth-order valence-corrected chi connectivity index (χ4v) is 1.79. The van der Waals surface area contributed by atoms with Gasteiger partial charge in [-0.25, -0.2) is 0 Å². The molecule has 0 bridgehead atoms. The second kappa shape index (κ2) is 6.54. The predicted molar refractivity (Wildman–Crippen MR) is 72.8 cm³/mol. The zero-order chi connectivity index (χ0) is 13.5. The molecule has 0 aliphatic rings. The van der Waals surface area contributed by atoms with Crippen molar-refractivity contribution in [2.24, 2.45) is 0 Å². The average Bonchev–Trinajstić information content (AvgIpc) is 2.43. The fourth-order valence-electron chi connectivity index (χ4n) is 1.79.